The molecule has 0 aromatic rings. The maximum Gasteiger partial charge on any atom is 0.157 e. The van der Waals surface area contributed by atoms with Crippen molar-refractivity contribution in [2.24, 2.45) is 11.8 Å². The zero-order valence-corrected chi connectivity index (χ0v) is 7.67. The molecule has 0 aromatic carbocycles. The van der Waals surface area contributed by atoms with Crippen LogP contribution >= 0.6 is 0 Å². The van der Waals surface area contributed by atoms with Crippen molar-refractivity contribution in [3.05, 3.63) is 0 Å². The summed E-state index contributed by atoms with van der Waals surface area (Å²) in [5.41, 5.74) is 0. The molecule has 1 rings (SSSR count). The van der Waals surface area contributed by atoms with Gasteiger partial charge in [-0.1, -0.05) is 13.3 Å². The molecule has 0 aromatic heterocycles. The molecule has 1 fully saturated rings. The summed E-state index contributed by atoms with van der Waals surface area (Å²) in [6.07, 6.45) is 3.78. The standard InChI is InChI=1S/C9H18O2/c1-4-7-5-8(7)6-9(10-2)11-3/h7-9H,4-6H2,1-3H3/t7-,8-/m1/s1. The molecule has 2 atom stereocenters. The van der Waals surface area contributed by atoms with E-state index in [1.807, 2.05) is 0 Å². The molecule has 2 heteroatoms. The highest BCUT2D eigenvalue weighted by molar-refractivity contribution is 4.85. The van der Waals surface area contributed by atoms with Crippen LogP contribution in [-0.4, -0.2) is 20.5 Å². The third kappa shape index (κ3) is 2.46. The number of hydrogen-bond donors (Lipinski definition) is 0. The molecule has 0 heterocycles. The van der Waals surface area contributed by atoms with Crippen LogP contribution in [0.15, 0.2) is 0 Å². The van der Waals surface area contributed by atoms with Crippen molar-refractivity contribution >= 4 is 0 Å². The monoisotopic (exact) mass is 158 g/mol. The van der Waals surface area contributed by atoms with Crippen LogP contribution in [0.3, 0.4) is 0 Å². The maximum atomic E-state index is 5.12. The molecule has 1 aliphatic rings. The molecule has 0 N–H and O–H groups in total. The minimum atomic E-state index is 0.0246. The van der Waals surface area contributed by atoms with E-state index in [2.05, 4.69) is 6.92 Å². The average Bonchev–Trinajstić information content (AvgIpc) is 2.78. The van der Waals surface area contributed by atoms with Crippen molar-refractivity contribution in [3.63, 3.8) is 0 Å². The summed E-state index contributed by atoms with van der Waals surface area (Å²) >= 11 is 0. The van der Waals surface area contributed by atoms with Gasteiger partial charge in [0.1, 0.15) is 0 Å². The fraction of sp³-hybridized carbons (Fsp3) is 1.00. The summed E-state index contributed by atoms with van der Waals surface area (Å²) < 4.78 is 10.2. The number of ether oxygens (including phenoxy) is 2. The molecule has 0 amide bonds. The van der Waals surface area contributed by atoms with E-state index >= 15 is 0 Å². The van der Waals surface area contributed by atoms with Crippen LogP contribution in [0.5, 0.6) is 0 Å². The van der Waals surface area contributed by atoms with Gasteiger partial charge in [0.15, 0.2) is 6.29 Å². The highest BCUT2D eigenvalue weighted by Crippen LogP contribution is 2.44. The van der Waals surface area contributed by atoms with Gasteiger partial charge in [0.25, 0.3) is 0 Å². The van der Waals surface area contributed by atoms with Crippen LogP contribution in [0, 0.1) is 11.8 Å². The number of hydrogen-bond acceptors (Lipinski definition) is 2. The highest BCUT2D eigenvalue weighted by atomic mass is 16.7. The van der Waals surface area contributed by atoms with Gasteiger partial charge < -0.3 is 9.47 Å². The summed E-state index contributed by atoms with van der Waals surface area (Å²) in [5, 5.41) is 0. The lowest BCUT2D eigenvalue weighted by Gasteiger charge is -2.12. The van der Waals surface area contributed by atoms with Gasteiger partial charge in [-0.3, -0.25) is 0 Å². The number of rotatable bonds is 5. The fourth-order valence-electron chi connectivity index (χ4n) is 1.63. The minimum absolute atomic E-state index is 0.0246. The van der Waals surface area contributed by atoms with Gasteiger partial charge in [-0.15, -0.1) is 0 Å². The van der Waals surface area contributed by atoms with Crippen LogP contribution in [0.2, 0.25) is 0 Å². The molecule has 2 nitrogen and oxygen atoms in total. The molecular formula is C9H18O2. The van der Waals surface area contributed by atoms with Gasteiger partial charge in [-0.25, -0.2) is 0 Å². The van der Waals surface area contributed by atoms with E-state index in [9.17, 15) is 0 Å². The zero-order chi connectivity index (χ0) is 8.27. The lowest BCUT2D eigenvalue weighted by atomic mass is 10.2. The topological polar surface area (TPSA) is 18.5 Å². The largest absolute Gasteiger partial charge is 0.356 e. The fourth-order valence-corrected chi connectivity index (χ4v) is 1.63. The Hall–Kier alpha value is -0.0800. The van der Waals surface area contributed by atoms with E-state index in [1.54, 1.807) is 14.2 Å². The SMILES string of the molecule is CC[C@@H]1C[C@@H]1CC(OC)OC. The predicted molar refractivity (Wildman–Crippen MR) is 44.3 cm³/mol. The van der Waals surface area contributed by atoms with Crippen molar-refractivity contribution in [2.75, 3.05) is 14.2 Å². The summed E-state index contributed by atoms with van der Waals surface area (Å²) in [5.74, 6) is 1.81. The normalized spacial score (nSPS) is 29.5. The van der Waals surface area contributed by atoms with Crippen molar-refractivity contribution in [3.8, 4) is 0 Å². The van der Waals surface area contributed by atoms with Crippen LogP contribution in [-0.2, 0) is 9.47 Å². The second-order valence-corrected chi connectivity index (χ2v) is 3.30. The van der Waals surface area contributed by atoms with Crippen molar-refractivity contribution in [1.29, 1.82) is 0 Å². The van der Waals surface area contributed by atoms with Gasteiger partial charge in [0, 0.05) is 20.6 Å². The summed E-state index contributed by atoms with van der Waals surface area (Å²) in [6.45, 7) is 2.25. The van der Waals surface area contributed by atoms with E-state index < -0.39 is 0 Å². The molecule has 1 saturated carbocycles. The summed E-state index contributed by atoms with van der Waals surface area (Å²) in [7, 11) is 3.41. The van der Waals surface area contributed by atoms with Gasteiger partial charge in [0.05, 0.1) is 0 Å². The molecular weight excluding hydrogens is 140 g/mol. The Kier molecular flexibility index (Phi) is 3.34. The maximum absolute atomic E-state index is 5.12. The van der Waals surface area contributed by atoms with Gasteiger partial charge >= 0.3 is 0 Å². The lowest BCUT2D eigenvalue weighted by Crippen LogP contribution is -2.13. The molecule has 66 valence electrons. The second kappa shape index (κ2) is 4.07. The lowest BCUT2D eigenvalue weighted by molar-refractivity contribution is -0.109. The molecule has 1 aliphatic carbocycles. The molecule has 0 saturated heterocycles. The Balaban J connectivity index is 2.11. The second-order valence-electron chi connectivity index (χ2n) is 3.30. The minimum Gasteiger partial charge on any atom is -0.356 e. The Labute approximate surface area is 68.9 Å². The van der Waals surface area contributed by atoms with Crippen molar-refractivity contribution in [2.45, 2.75) is 32.5 Å². The summed E-state index contributed by atoms with van der Waals surface area (Å²) in [4.78, 5) is 0. The van der Waals surface area contributed by atoms with Crippen LogP contribution in [0.25, 0.3) is 0 Å². The van der Waals surface area contributed by atoms with Crippen molar-refractivity contribution in [1.82, 2.24) is 0 Å². The van der Waals surface area contributed by atoms with E-state index in [1.165, 1.54) is 12.8 Å². The Morgan fingerprint density at radius 2 is 1.91 bits per heavy atom. The highest BCUT2D eigenvalue weighted by Gasteiger charge is 2.36. The predicted octanol–water partition coefficient (Wildman–Crippen LogP) is 2.04. The smallest absolute Gasteiger partial charge is 0.157 e. The van der Waals surface area contributed by atoms with Crippen LogP contribution in [0.4, 0.5) is 0 Å². The molecule has 0 spiro atoms. The quantitative estimate of drug-likeness (QED) is 0.570. The van der Waals surface area contributed by atoms with Gasteiger partial charge in [-0.2, -0.15) is 0 Å². The molecule has 11 heavy (non-hydrogen) atoms. The molecule has 0 unspecified atom stereocenters. The average molecular weight is 158 g/mol. The molecule has 0 bridgehead atoms. The first-order valence-electron chi connectivity index (χ1n) is 4.37. The Morgan fingerprint density at radius 1 is 1.27 bits per heavy atom. The molecule has 0 aliphatic heterocycles. The van der Waals surface area contributed by atoms with E-state index in [0.29, 0.717) is 0 Å². The zero-order valence-electron chi connectivity index (χ0n) is 7.67. The van der Waals surface area contributed by atoms with Crippen molar-refractivity contribution < 1.29 is 9.47 Å². The van der Waals surface area contributed by atoms with E-state index in [-0.39, 0.29) is 6.29 Å². The first-order chi connectivity index (χ1) is 5.31. The third-order valence-electron chi connectivity index (χ3n) is 2.61. The van der Waals surface area contributed by atoms with E-state index in [0.717, 1.165) is 18.3 Å². The first-order valence-corrected chi connectivity index (χ1v) is 4.37. The van der Waals surface area contributed by atoms with E-state index in [4.69, 9.17) is 9.47 Å². The van der Waals surface area contributed by atoms with Gasteiger partial charge in [0.2, 0.25) is 0 Å². The Bertz CT molecular complexity index is 110. The Morgan fingerprint density at radius 3 is 2.27 bits per heavy atom. The van der Waals surface area contributed by atoms with Crippen LogP contribution < -0.4 is 0 Å². The van der Waals surface area contributed by atoms with Crippen LogP contribution in [0.1, 0.15) is 26.2 Å². The van der Waals surface area contributed by atoms with Gasteiger partial charge in [-0.05, 0) is 18.3 Å². The number of methoxy groups -OCH3 is 2. The first kappa shape index (κ1) is 9.01. The third-order valence-corrected chi connectivity index (χ3v) is 2.61. The summed E-state index contributed by atoms with van der Waals surface area (Å²) in [6, 6.07) is 0. The molecule has 0 radical (unpaired) electrons.